The van der Waals surface area contributed by atoms with Gasteiger partial charge in [0.15, 0.2) is 0 Å². The van der Waals surface area contributed by atoms with Crippen LogP contribution in [-0.4, -0.2) is 13.1 Å². The molecule has 0 aliphatic heterocycles. The van der Waals surface area contributed by atoms with Gasteiger partial charge in [0.25, 0.3) is 0 Å². The van der Waals surface area contributed by atoms with Crippen molar-refractivity contribution in [2.45, 2.75) is 0 Å². The van der Waals surface area contributed by atoms with E-state index >= 15 is 0 Å². The monoisotopic (exact) mass is 229 g/mol. The Labute approximate surface area is 90.8 Å². The average molecular weight is 230 g/mol. The predicted molar refractivity (Wildman–Crippen MR) is 52.5 cm³/mol. The molecule has 0 saturated heterocycles. The van der Waals surface area contributed by atoms with E-state index in [2.05, 4.69) is 4.74 Å². The lowest BCUT2D eigenvalue weighted by molar-refractivity contribution is 0.0600. The molecule has 0 N–H and O–H groups in total. The second-order valence-corrected chi connectivity index (χ2v) is 3.23. The number of methoxy groups -OCH3 is 1. The summed E-state index contributed by atoms with van der Waals surface area (Å²) in [6.07, 6.45) is 0. The van der Waals surface area contributed by atoms with Gasteiger partial charge in [-0.3, -0.25) is 0 Å². The lowest BCUT2D eigenvalue weighted by atomic mass is 10.1. The van der Waals surface area contributed by atoms with E-state index in [1.54, 1.807) is 0 Å². The van der Waals surface area contributed by atoms with Gasteiger partial charge in [-0.2, -0.15) is 5.26 Å². The summed E-state index contributed by atoms with van der Waals surface area (Å²) in [5.74, 6) is -0.543. The van der Waals surface area contributed by atoms with Crippen LogP contribution in [-0.2, 0) is 4.74 Å². The number of ether oxygens (including phenoxy) is 1. The Hall–Kier alpha value is -1.24. The fourth-order valence-corrected chi connectivity index (χ4v) is 1.49. The second kappa shape index (κ2) is 4.32. The Kier molecular flexibility index (Phi) is 3.34. The quantitative estimate of drug-likeness (QED) is 0.696. The molecule has 0 heterocycles. The van der Waals surface area contributed by atoms with Crippen molar-refractivity contribution in [2.24, 2.45) is 0 Å². The Bertz CT molecular complexity index is 400. The topological polar surface area (TPSA) is 50.1 Å². The van der Waals surface area contributed by atoms with Crippen LogP contribution in [0.4, 0.5) is 0 Å². The normalized spacial score (nSPS) is 9.29. The average Bonchev–Trinajstić information content (AvgIpc) is 2.16. The van der Waals surface area contributed by atoms with Crippen molar-refractivity contribution < 1.29 is 9.53 Å². The van der Waals surface area contributed by atoms with Crippen molar-refractivity contribution in [2.75, 3.05) is 7.11 Å². The van der Waals surface area contributed by atoms with Crippen LogP contribution in [0.2, 0.25) is 10.0 Å². The summed E-state index contributed by atoms with van der Waals surface area (Å²) in [6.45, 7) is 0. The molecule has 0 aromatic heterocycles. The van der Waals surface area contributed by atoms with E-state index in [0.717, 1.165) is 0 Å². The van der Waals surface area contributed by atoms with Gasteiger partial charge in [0, 0.05) is 0 Å². The molecule has 1 aromatic carbocycles. The lowest BCUT2D eigenvalue weighted by Crippen LogP contribution is -2.01. The molecule has 0 atom stereocenters. The first-order valence-electron chi connectivity index (χ1n) is 3.57. The van der Waals surface area contributed by atoms with Gasteiger partial charge in [-0.15, -0.1) is 0 Å². The number of hydrogen-bond acceptors (Lipinski definition) is 3. The minimum absolute atomic E-state index is 0.139. The zero-order valence-corrected chi connectivity index (χ0v) is 8.69. The SMILES string of the molecule is COC(=O)c1cc(Cl)c(C#N)c(Cl)c1. The molecule has 0 amide bonds. The van der Waals surface area contributed by atoms with Gasteiger partial charge in [0.1, 0.15) is 6.07 Å². The van der Waals surface area contributed by atoms with Crippen LogP contribution in [0.25, 0.3) is 0 Å². The first-order valence-corrected chi connectivity index (χ1v) is 4.33. The number of rotatable bonds is 1. The maximum Gasteiger partial charge on any atom is 0.337 e. The zero-order chi connectivity index (χ0) is 10.7. The minimum atomic E-state index is -0.543. The van der Waals surface area contributed by atoms with Crippen LogP contribution in [0.15, 0.2) is 12.1 Å². The highest BCUT2D eigenvalue weighted by Gasteiger charge is 2.12. The number of esters is 1. The van der Waals surface area contributed by atoms with Crippen molar-refractivity contribution in [3.8, 4) is 6.07 Å². The molecule has 0 unspecified atom stereocenters. The van der Waals surface area contributed by atoms with Crippen LogP contribution in [0, 0.1) is 11.3 Å². The number of nitrogens with zero attached hydrogens (tertiary/aromatic N) is 1. The number of halogens is 2. The van der Waals surface area contributed by atoms with E-state index in [0.29, 0.717) is 0 Å². The van der Waals surface area contributed by atoms with E-state index in [-0.39, 0.29) is 21.2 Å². The maximum absolute atomic E-state index is 11.1. The molecule has 0 radical (unpaired) electrons. The molecule has 1 aromatic rings. The Balaban J connectivity index is 3.29. The fraction of sp³-hybridized carbons (Fsp3) is 0.111. The van der Waals surface area contributed by atoms with Gasteiger partial charge in [0.2, 0.25) is 0 Å². The van der Waals surface area contributed by atoms with Gasteiger partial charge in [-0.1, -0.05) is 23.2 Å². The van der Waals surface area contributed by atoms with Crippen LogP contribution in [0.3, 0.4) is 0 Å². The van der Waals surface area contributed by atoms with Crippen molar-refractivity contribution >= 4 is 29.2 Å². The van der Waals surface area contributed by atoms with Gasteiger partial charge in [0.05, 0.1) is 28.3 Å². The van der Waals surface area contributed by atoms with E-state index < -0.39 is 5.97 Å². The van der Waals surface area contributed by atoms with Crippen LogP contribution < -0.4 is 0 Å². The predicted octanol–water partition coefficient (Wildman–Crippen LogP) is 2.65. The summed E-state index contributed by atoms with van der Waals surface area (Å²) in [7, 11) is 1.25. The Morgan fingerprint density at radius 3 is 2.29 bits per heavy atom. The largest absolute Gasteiger partial charge is 0.465 e. The molecule has 0 spiro atoms. The van der Waals surface area contributed by atoms with Gasteiger partial charge >= 0.3 is 5.97 Å². The standard InChI is InChI=1S/C9H5Cl2NO2/c1-14-9(13)5-2-7(10)6(4-12)8(11)3-5/h2-3H,1H3. The van der Waals surface area contributed by atoms with E-state index in [9.17, 15) is 4.79 Å². The maximum atomic E-state index is 11.1. The van der Waals surface area contributed by atoms with Crippen molar-refractivity contribution in [1.82, 2.24) is 0 Å². The van der Waals surface area contributed by atoms with Crippen molar-refractivity contribution in [1.29, 1.82) is 5.26 Å². The van der Waals surface area contributed by atoms with E-state index in [1.807, 2.05) is 6.07 Å². The summed E-state index contributed by atoms with van der Waals surface area (Å²) in [4.78, 5) is 11.1. The summed E-state index contributed by atoms with van der Waals surface area (Å²) < 4.78 is 4.48. The summed E-state index contributed by atoms with van der Waals surface area (Å²) in [6, 6.07) is 4.52. The number of carbonyl (C=O) groups is 1. The van der Waals surface area contributed by atoms with Crippen molar-refractivity contribution in [3.63, 3.8) is 0 Å². The molecular formula is C9H5Cl2NO2. The molecule has 0 saturated carbocycles. The summed E-state index contributed by atoms with van der Waals surface area (Å²) >= 11 is 11.4. The minimum Gasteiger partial charge on any atom is -0.465 e. The summed E-state index contributed by atoms with van der Waals surface area (Å²) in [5, 5.41) is 8.93. The van der Waals surface area contributed by atoms with Crippen LogP contribution in [0.1, 0.15) is 15.9 Å². The smallest absolute Gasteiger partial charge is 0.337 e. The first kappa shape index (κ1) is 10.8. The van der Waals surface area contributed by atoms with E-state index in [4.69, 9.17) is 28.5 Å². The van der Waals surface area contributed by atoms with Gasteiger partial charge in [-0.05, 0) is 12.1 Å². The van der Waals surface area contributed by atoms with Crippen molar-refractivity contribution in [3.05, 3.63) is 33.3 Å². The molecule has 14 heavy (non-hydrogen) atoms. The second-order valence-electron chi connectivity index (χ2n) is 2.42. The molecule has 5 heteroatoms. The molecule has 0 bridgehead atoms. The Morgan fingerprint density at radius 2 is 1.93 bits per heavy atom. The van der Waals surface area contributed by atoms with Crippen LogP contribution >= 0.6 is 23.2 Å². The van der Waals surface area contributed by atoms with Gasteiger partial charge < -0.3 is 4.74 Å². The third-order valence-electron chi connectivity index (χ3n) is 1.58. The lowest BCUT2D eigenvalue weighted by Gasteiger charge is -2.02. The number of hydrogen-bond donors (Lipinski definition) is 0. The zero-order valence-electron chi connectivity index (χ0n) is 7.17. The number of benzene rings is 1. The summed E-state index contributed by atoms with van der Waals surface area (Å²) in [5.41, 5.74) is 0.377. The molecule has 72 valence electrons. The highest BCUT2D eigenvalue weighted by molar-refractivity contribution is 6.37. The molecular weight excluding hydrogens is 225 g/mol. The third-order valence-corrected chi connectivity index (χ3v) is 2.17. The van der Waals surface area contributed by atoms with E-state index in [1.165, 1.54) is 19.2 Å². The molecule has 0 aliphatic rings. The molecule has 3 nitrogen and oxygen atoms in total. The Morgan fingerprint density at radius 1 is 1.43 bits per heavy atom. The first-order chi connectivity index (χ1) is 6.60. The van der Waals surface area contributed by atoms with Crippen LogP contribution in [0.5, 0.6) is 0 Å². The highest BCUT2D eigenvalue weighted by atomic mass is 35.5. The molecule has 0 aliphatic carbocycles. The number of nitriles is 1. The molecule has 0 fully saturated rings. The highest BCUT2D eigenvalue weighted by Crippen LogP contribution is 2.25. The fourth-order valence-electron chi connectivity index (χ4n) is 0.916. The van der Waals surface area contributed by atoms with Gasteiger partial charge in [-0.25, -0.2) is 4.79 Å². The number of carbonyl (C=O) groups excluding carboxylic acids is 1. The molecule has 1 rings (SSSR count). The third kappa shape index (κ3) is 1.98.